The van der Waals surface area contributed by atoms with E-state index in [1.807, 2.05) is 0 Å². The molecule has 8 rings (SSSR count). The van der Waals surface area contributed by atoms with Gasteiger partial charge < -0.3 is 10.6 Å². The van der Waals surface area contributed by atoms with E-state index in [4.69, 9.17) is 11.1 Å². The lowest BCUT2D eigenvalue weighted by Crippen LogP contribution is -2.66. The average Bonchev–Trinajstić information content (AvgIpc) is 2.50. The van der Waals surface area contributed by atoms with Gasteiger partial charge in [-0.1, -0.05) is 0 Å². The predicted octanol–water partition coefficient (Wildman–Crippen LogP) is 3.83. The van der Waals surface area contributed by atoms with Gasteiger partial charge in [-0.2, -0.15) is 0 Å². The first-order chi connectivity index (χ1) is 11.7. The van der Waals surface area contributed by atoms with Crippen LogP contribution in [-0.2, 0) is 0 Å². The molecule has 0 unspecified atom stereocenters. The van der Waals surface area contributed by atoms with E-state index in [0.717, 1.165) is 47.3 Å². The molecule has 24 heavy (non-hydrogen) atoms. The molecule has 0 aromatic rings. The Bertz CT molecular complexity index is 457. The minimum Gasteiger partial charge on any atom is -0.370 e. The van der Waals surface area contributed by atoms with Gasteiger partial charge in [0.25, 0.3) is 0 Å². The standard InChI is InChI=1S/C21H33N3/c22-21(23)24(19-15-3-11-1-12(5-15)6-16(19)4-11)20-17-7-13-2-14(9-17)10-18(20)8-13/h11-20H,1-10H2,(H3,22,23). The van der Waals surface area contributed by atoms with Crippen molar-refractivity contribution in [3.05, 3.63) is 0 Å². The second-order valence-electron chi connectivity index (χ2n) is 10.6. The third kappa shape index (κ3) is 1.93. The molecule has 0 aromatic heterocycles. The summed E-state index contributed by atoms with van der Waals surface area (Å²) in [5.41, 5.74) is 6.31. The molecule has 0 saturated heterocycles. The summed E-state index contributed by atoms with van der Waals surface area (Å²) in [6.07, 6.45) is 14.5. The van der Waals surface area contributed by atoms with Crippen molar-refractivity contribution < 1.29 is 0 Å². The molecule has 0 atom stereocenters. The highest BCUT2D eigenvalue weighted by atomic mass is 15.3. The lowest BCUT2D eigenvalue weighted by Gasteiger charge is -2.63. The Kier molecular flexibility index (Phi) is 2.96. The first-order valence-electron chi connectivity index (χ1n) is 10.8. The van der Waals surface area contributed by atoms with Crippen molar-refractivity contribution in [1.82, 2.24) is 4.90 Å². The highest BCUT2D eigenvalue weighted by Gasteiger charge is 2.56. The molecule has 3 nitrogen and oxygen atoms in total. The Morgan fingerprint density at radius 3 is 1.12 bits per heavy atom. The Labute approximate surface area is 146 Å². The van der Waals surface area contributed by atoms with E-state index in [1.165, 1.54) is 64.2 Å². The number of hydrogen-bond donors (Lipinski definition) is 2. The molecule has 132 valence electrons. The molecular formula is C21H33N3. The first-order valence-corrected chi connectivity index (χ1v) is 10.8. The number of nitrogens with zero attached hydrogens (tertiary/aromatic N) is 1. The summed E-state index contributed by atoms with van der Waals surface area (Å²) < 4.78 is 0. The number of rotatable bonds is 2. The van der Waals surface area contributed by atoms with Gasteiger partial charge in [0.2, 0.25) is 0 Å². The van der Waals surface area contributed by atoms with E-state index in [9.17, 15) is 0 Å². The van der Waals surface area contributed by atoms with Gasteiger partial charge in [-0.25, -0.2) is 0 Å². The number of nitrogens with two attached hydrogens (primary N) is 1. The van der Waals surface area contributed by atoms with Crippen molar-refractivity contribution >= 4 is 5.96 Å². The van der Waals surface area contributed by atoms with Crippen LogP contribution in [-0.4, -0.2) is 22.9 Å². The molecule has 0 amide bonds. The summed E-state index contributed by atoms with van der Waals surface area (Å²) in [6, 6.07) is 1.25. The quantitative estimate of drug-likeness (QED) is 0.598. The van der Waals surface area contributed by atoms with Gasteiger partial charge in [-0.3, -0.25) is 5.41 Å². The molecule has 8 bridgehead atoms. The van der Waals surface area contributed by atoms with E-state index < -0.39 is 0 Å². The fourth-order valence-electron chi connectivity index (χ4n) is 9.22. The van der Waals surface area contributed by atoms with Crippen LogP contribution in [0.1, 0.15) is 64.2 Å². The average molecular weight is 328 g/mol. The van der Waals surface area contributed by atoms with Crippen molar-refractivity contribution in [2.24, 2.45) is 53.1 Å². The van der Waals surface area contributed by atoms with Gasteiger partial charge in [0.15, 0.2) is 5.96 Å². The molecule has 3 heteroatoms. The zero-order valence-corrected chi connectivity index (χ0v) is 14.9. The second kappa shape index (κ2) is 4.92. The number of nitrogens with one attached hydrogen (secondary N) is 1. The molecule has 0 radical (unpaired) electrons. The summed E-state index contributed by atoms with van der Waals surface area (Å²) in [7, 11) is 0. The van der Waals surface area contributed by atoms with Gasteiger partial charge in [0, 0.05) is 12.1 Å². The summed E-state index contributed by atoms with van der Waals surface area (Å²) in [4.78, 5) is 2.54. The smallest absolute Gasteiger partial charge is 0.188 e. The zero-order chi connectivity index (χ0) is 16.0. The fourth-order valence-corrected chi connectivity index (χ4v) is 9.22. The van der Waals surface area contributed by atoms with Crippen LogP contribution in [0.2, 0.25) is 0 Å². The van der Waals surface area contributed by atoms with Crippen LogP contribution in [0.4, 0.5) is 0 Å². The molecule has 0 spiro atoms. The largest absolute Gasteiger partial charge is 0.370 e. The van der Waals surface area contributed by atoms with Crippen LogP contribution in [0.3, 0.4) is 0 Å². The van der Waals surface area contributed by atoms with Crippen molar-refractivity contribution in [1.29, 1.82) is 5.41 Å². The van der Waals surface area contributed by atoms with Gasteiger partial charge in [0.1, 0.15) is 0 Å². The van der Waals surface area contributed by atoms with E-state index in [-0.39, 0.29) is 0 Å². The molecule has 8 aliphatic carbocycles. The molecular weight excluding hydrogens is 294 g/mol. The SMILES string of the molecule is N=C(N)N(C1C2CC3CC(C2)CC1C3)C1C2CC3CC(C2)CC1C3. The van der Waals surface area contributed by atoms with Gasteiger partial charge in [-0.15, -0.1) is 0 Å². The van der Waals surface area contributed by atoms with Gasteiger partial charge >= 0.3 is 0 Å². The van der Waals surface area contributed by atoms with Gasteiger partial charge in [-0.05, 0) is 112 Å². The van der Waals surface area contributed by atoms with Crippen LogP contribution in [0.5, 0.6) is 0 Å². The van der Waals surface area contributed by atoms with Crippen molar-refractivity contribution in [3.63, 3.8) is 0 Å². The summed E-state index contributed by atoms with van der Waals surface area (Å²) in [6.45, 7) is 0. The molecule has 3 N–H and O–H groups in total. The zero-order valence-electron chi connectivity index (χ0n) is 14.9. The lowest BCUT2D eigenvalue weighted by molar-refractivity contribution is -0.106. The summed E-state index contributed by atoms with van der Waals surface area (Å²) in [5.74, 6) is 7.86. The molecule has 0 aliphatic heterocycles. The Morgan fingerprint density at radius 2 is 0.875 bits per heavy atom. The number of guanidine groups is 1. The van der Waals surface area contributed by atoms with E-state index in [1.54, 1.807) is 0 Å². The Hall–Kier alpha value is -0.730. The first kappa shape index (κ1) is 14.4. The van der Waals surface area contributed by atoms with E-state index in [2.05, 4.69) is 4.90 Å². The second-order valence-corrected chi connectivity index (χ2v) is 10.6. The maximum Gasteiger partial charge on any atom is 0.188 e. The van der Waals surface area contributed by atoms with Crippen LogP contribution in [0, 0.1) is 52.8 Å². The topological polar surface area (TPSA) is 53.1 Å². The third-order valence-corrected chi connectivity index (χ3v) is 9.27. The predicted molar refractivity (Wildman–Crippen MR) is 95.4 cm³/mol. The normalized spacial score (nSPS) is 56.7. The van der Waals surface area contributed by atoms with Crippen LogP contribution in [0.25, 0.3) is 0 Å². The Balaban J connectivity index is 1.34. The maximum atomic E-state index is 8.51. The van der Waals surface area contributed by atoms with Crippen molar-refractivity contribution in [2.45, 2.75) is 76.3 Å². The number of hydrogen-bond acceptors (Lipinski definition) is 1. The molecule has 8 aliphatic rings. The lowest BCUT2D eigenvalue weighted by atomic mass is 9.51. The summed E-state index contributed by atoms with van der Waals surface area (Å²) >= 11 is 0. The van der Waals surface area contributed by atoms with E-state index >= 15 is 0 Å². The van der Waals surface area contributed by atoms with E-state index in [0.29, 0.717) is 18.0 Å². The molecule has 0 heterocycles. The van der Waals surface area contributed by atoms with Crippen LogP contribution in [0.15, 0.2) is 0 Å². The highest BCUT2D eigenvalue weighted by Crippen LogP contribution is 2.59. The van der Waals surface area contributed by atoms with Crippen molar-refractivity contribution in [3.8, 4) is 0 Å². The molecule has 8 fully saturated rings. The summed E-state index contributed by atoms with van der Waals surface area (Å²) in [5, 5.41) is 8.51. The van der Waals surface area contributed by atoms with Gasteiger partial charge in [0.05, 0.1) is 0 Å². The van der Waals surface area contributed by atoms with Crippen molar-refractivity contribution in [2.75, 3.05) is 0 Å². The maximum absolute atomic E-state index is 8.51. The van der Waals surface area contributed by atoms with Crippen LogP contribution >= 0.6 is 0 Å². The highest BCUT2D eigenvalue weighted by molar-refractivity contribution is 5.75. The van der Waals surface area contributed by atoms with Crippen LogP contribution < -0.4 is 5.73 Å². The third-order valence-electron chi connectivity index (χ3n) is 9.27. The minimum atomic E-state index is 0.421. The fraction of sp³-hybridized carbons (Fsp3) is 0.952. The minimum absolute atomic E-state index is 0.421. The Morgan fingerprint density at radius 1 is 0.583 bits per heavy atom. The molecule has 8 saturated carbocycles. The monoisotopic (exact) mass is 327 g/mol. The molecule has 0 aromatic carbocycles.